The summed E-state index contributed by atoms with van der Waals surface area (Å²) < 4.78 is 54.9. The second-order valence-electron chi connectivity index (χ2n) is 34.5. The first-order chi connectivity index (χ1) is 51.6. The van der Waals surface area contributed by atoms with E-state index in [1.165, 1.54) is 88.6 Å². The molecule has 6 bridgehead atoms. The zero-order valence-corrected chi connectivity index (χ0v) is 67.0. The lowest BCUT2D eigenvalue weighted by Gasteiger charge is -2.54. The summed E-state index contributed by atoms with van der Waals surface area (Å²) in [5, 5.41) is 9.07. The highest BCUT2D eigenvalue weighted by Gasteiger charge is 2.60. The van der Waals surface area contributed by atoms with Crippen molar-refractivity contribution in [3.8, 4) is 0 Å². The van der Waals surface area contributed by atoms with Crippen LogP contribution in [0.3, 0.4) is 0 Å². The number of hydrogen-bond donors (Lipinski definition) is 3. The lowest BCUT2D eigenvalue weighted by Crippen LogP contribution is -2.71. The zero-order chi connectivity index (χ0) is 79.6. The number of piperidine rings is 1. The molecule has 612 valence electrons. The first-order valence-corrected chi connectivity index (χ1v) is 40.9. The van der Waals surface area contributed by atoms with E-state index in [2.05, 4.69) is 16.0 Å². The topological polar surface area (TPSA) is 289 Å². The molecule has 0 radical (unpaired) electrons. The summed E-state index contributed by atoms with van der Waals surface area (Å²) in [6, 6.07) is -10.0. The van der Waals surface area contributed by atoms with Gasteiger partial charge in [0.05, 0.1) is 37.6 Å². The monoisotopic (exact) mass is 1540 g/mol. The van der Waals surface area contributed by atoms with Crippen molar-refractivity contribution in [3.05, 3.63) is 12.2 Å². The summed E-state index contributed by atoms with van der Waals surface area (Å²) in [4.78, 5) is 198. The Kier molecular flexibility index (Phi) is 29.7. The van der Waals surface area contributed by atoms with Gasteiger partial charge in [0.2, 0.25) is 70.9 Å². The van der Waals surface area contributed by atoms with Crippen molar-refractivity contribution in [2.24, 2.45) is 40.9 Å². The Morgan fingerprint density at radius 1 is 0.615 bits per heavy atom. The minimum atomic E-state index is -4.52. The van der Waals surface area contributed by atoms with Gasteiger partial charge in [-0.3, -0.25) is 57.5 Å². The molecule has 6 saturated heterocycles. The number of fused-ring (bicyclic) bond motifs is 22. The predicted molar refractivity (Wildman–Crippen MR) is 401 cm³/mol. The fourth-order valence-electron chi connectivity index (χ4n) is 19.5. The normalized spacial score (nSPS) is 32.9. The Bertz CT molecular complexity index is 3280. The van der Waals surface area contributed by atoms with Crippen LogP contribution in [0.5, 0.6) is 0 Å². The first kappa shape index (κ1) is 86.1. The Labute approximate surface area is 643 Å². The van der Waals surface area contributed by atoms with Crippen LogP contribution in [0.25, 0.3) is 0 Å². The van der Waals surface area contributed by atoms with E-state index in [1.54, 1.807) is 17.9 Å². The number of methoxy groups -OCH3 is 1. The van der Waals surface area contributed by atoms with Gasteiger partial charge >= 0.3 is 6.18 Å². The molecule has 0 aromatic heterocycles. The van der Waals surface area contributed by atoms with Crippen LogP contribution in [0.4, 0.5) is 13.2 Å². The third-order valence-electron chi connectivity index (χ3n) is 26.0. The fraction of sp³-hybridized carbons (Fsp3) is 0.825. The number of ether oxygens (including phenoxy) is 2. The standard InChI is InChI=1S/C80H127F3N12O14/c1-13-40-109-55-43-60-70(100)86-79(48-78(4,5)49-79)77(107)92(11)68(54-25-18-19-26-54)76(106)91(10)61(73(103)93-37-20-16-21-38-93)44-65(97)89(8)58-28-23-24-51-29-31-52(32-30-51)41-62(94-39-22-15-17-27-59(74(94)104)90(9)66(98)47-88(7)75(105)67(50(3)14-2)85-69(58)99)72(102)87(6)46-64(96)84-57(71(101)95(60)45-55)36-34-53-33-35-56(80(81,82)83)63(42-53)108-12/h15,17,50-63,67-68H,13-14,16,18-49H2,1-12H3,(H,84,96)(H,85,99)(H,86,100)/b17-15-/t50-,51?,52?,53?,55+,56?,57-,58-,59-,60-,61?,62-,63?,67-,68-/m0/s1. The molecule has 26 nitrogen and oxygen atoms in total. The van der Waals surface area contributed by atoms with Gasteiger partial charge in [-0.05, 0) is 144 Å². The van der Waals surface area contributed by atoms with Crippen molar-refractivity contribution >= 4 is 70.9 Å². The number of amides is 12. The number of likely N-dealkylation sites (tertiary alicyclic amines) is 1. The average molecular weight is 1540 g/mol. The van der Waals surface area contributed by atoms with Crippen LogP contribution in [0.2, 0.25) is 0 Å². The molecule has 29 heteroatoms. The molecule has 0 aromatic carbocycles. The van der Waals surface area contributed by atoms with E-state index < -0.39 is 186 Å². The van der Waals surface area contributed by atoms with Gasteiger partial charge < -0.3 is 69.5 Å². The summed E-state index contributed by atoms with van der Waals surface area (Å²) in [6.45, 7) is 9.29. The van der Waals surface area contributed by atoms with Gasteiger partial charge in [0.25, 0.3) is 0 Å². The maximum Gasteiger partial charge on any atom is 0.394 e. The van der Waals surface area contributed by atoms with Crippen LogP contribution < -0.4 is 16.0 Å². The highest BCUT2D eigenvalue weighted by atomic mass is 19.4. The Morgan fingerprint density at radius 3 is 1.92 bits per heavy atom. The molecule has 10 fully saturated rings. The van der Waals surface area contributed by atoms with Crippen LogP contribution in [0, 0.1) is 40.9 Å². The number of halogens is 3. The van der Waals surface area contributed by atoms with E-state index in [9.17, 15) is 22.8 Å². The largest absolute Gasteiger partial charge is 0.394 e. The zero-order valence-electron chi connectivity index (χ0n) is 67.0. The summed E-state index contributed by atoms with van der Waals surface area (Å²) in [5.41, 5.74) is -2.16. The van der Waals surface area contributed by atoms with Gasteiger partial charge in [-0.15, -0.1) is 0 Å². The maximum absolute atomic E-state index is 16.0. The fourth-order valence-corrected chi connectivity index (χ4v) is 19.5. The molecule has 11 rings (SSSR count). The smallest absolute Gasteiger partial charge is 0.381 e. The lowest BCUT2D eigenvalue weighted by molar-refractivity contribution is -0.215. The molecule has 109 heavy (non-hydrogen) atoms. The van der Waals surface area contributed by atoms with Gasteiger partial charge in [-0.2, -0.15) is 13.2 Å². The van der Waals surface area contributed by atoms with Gasteiger partial charge in [0.1, 0.15) is 53.9 Å². The molecular weight excluding hydrogens is 1410 g/mol. The van der Waals surface area contributed by atoms with Crippen molar-refractivity contribution in [3.63, 3.8) is 0 Å². The molecule has 11 aliphatic rings. The maximum atomic E-state index is 16.0. The summed E-state index contributed by atoms with van der Waals surface area (Å²) in [5.74, 6) is -10.4. The molecule has 1 spiro atoms. The van der Waals surface area contributed by atoms with E-state index >= 15 is 47.9 Å². The number of alkyl halides is 3. The molecule has 13 atom stereocenters. The Morgan fingerprint density at radius 2 is 1.28 bits per heavy atom. The van der Waals surface area contributed by atoms with E-state index in [4.69, 9.17) is 9.47 Å². The summed E-state index contributed by atoms with van der Waals surface area (Å²) in [7, 11) is 10.1. The number of carbonyl (C=O) groups is 12. The number of carbonyl (C=O) groups excluding carboxylic acids is 12. The molecule has 7 heterocycles. The van der Waals surface area contributed by atoms with Gasteiger partial charge in [0.15, 0.2) is 0 Å². The minimum absolute atomic E-state index is 0.0160. The molecule has 4 unspecified atom stereocenters. The van der Waals surface area contributed by atoms with Crippen molar-refractivity contribution in [2.75, 3.05) is 95.3 Å². The van der Waals surface area contributed by atoms with Crippen molar-refractivity contribution in [1.29, 1.82) is 0 Å². The van der Waals surface area contributed by atoms with Crippen LogP contribution in [-0.4, -0.2) is 283 Å². The third-order valence-corrected chi connectivity index (χ3v) is 26.0. The molecule has 7 aliphatic heterocycles. The quantitative estimate of drug-likeness (QED) is 0.145. The molecule has 0 aromatic rings. The number of likely N-dealkylation sites (N-methyl/N-ethyl adjacent to an activating group) is 6. The lowest BCUT2D eigenvalue weighted by atomic mass is 9.58. The SMILES string of the molecule is CCCO[C@@H]1C[C@H]2C(=O)NC3(CC(C)(C)C3)C(=O)N(C)[C@@H](C3CCCC3)C(=O)N(C)C(C(=O)N3CCCCC3)CC(=O)N(C)[C@H]3CCCC4CCC(CC4)C[C@@H](C(=O)N(C)CC(=O)N[C@@H](CCC4CCC(C(F)(F)F)C(OC)C4)C(=O)N2C1)N1CC/C=C\C[C@@H](C1=O)N(C)C(=O)CN(C)C(=O)[C@H]([C@@H](C)CC)NC3=O. The second kappa shape index (κ2) is 37.6. The summed E-state index contributed by atoms with van der Waals surface area (Å²) >= 11 is 0. The summed E-state index contributed by atoms with van der Waals surface area (Å²) in [6.07, 6.45) is 7.30. The average Bonchev–Trinajstić information content (AvgIpc) is 1.64. The van der Waals surface area contributed by atoms with E-state index in [0.29, 0.717) is 96.6 Å². The van der Waals surface area contributed by atoms with E-state index in [0.717, 1.165) is 19.3 Å². The van der Waals surface area contributed by atoms with E-state index in [-0.39, 0.29) is 108 Å². The highest BCUT2D eigenvalue weighted by Crippen LogP contribution is 2.50. The van der Waals surface area contributed by atoms with Crippen molar-refractivity contribution in [1.82, 2.24) is 60.0 Å². The van der Waals surface area contributed by atoms with Gasteiger partial charge in [-0.25, -0.2) is 0 Å². The molecule has 4 saturated carbocycles. The third kappa shape index (κ3) is 20.7. The Hall–Kier alpha value is -6.91. The highest BCUT2D eigenvalue weighted by molar-refractivity contribution is 6.01. The van der Waals surface area contributed by atoms with Gasteiger partial charge in [0, 0.05) is 88.6 Å². The number of nitrogens with zero attached hydrogens (tertiary/aromatic N) is 9. The van der Waals surface area contributed by atoms with Gasteiger partial charge in [-0.1, -0.05) is 105 Å². The van der Waals surface area contributed by atoms with Crippen LogP contribution in [-0.2, 0) is 67.0 Å². The molecule has 12 amide bonds. The van der Waals surface area contributed by atoms with Crippen molar-refractivity contribution < 1.29 is 80.2 Å². The van der Waals surface area contributed by atoms with Crippen LogP contribution in [0.15, 0.2) is 12.2 Å². The van der Waals surface area contributed by atoms with Crippen molar-refractivity contribution in [2.45, 2.75) is 287 Å². The first-order valence-electron chi connectivity index (χ1n) is 40.9. The number of hydrogen-bond acceptors (Lipinski definition) is 14. The second-order valence-corrected chi connectivity index (χ2v) is 34.5. The van der Waals surface area contributed by atoms with Crippen LogP contribution >= 0.6 is 0 Å². The molecule has 4 aliphatic carbocycles. The predicted octanol–water partition coefficient (Wildman–Crippen LogP) is 6.61. The number of nitrogens with one attached hydrogen (secondary N) is 3. The van der Waals surface area contributed by atoms with E-state index in [1.807, 2.05) is 33.8 Å². The Balaban J connectivity index is 1.16. The molecule has 3 N–H and O–H groups in total. The molecular formula is C80H127F3N12O14. The van der Waals surface area contributed by atoms with Crippen LogP contribution in [0.1, 0.15) is 214 Å². The number of rotatable bonds is 11. The minimum Gasteiger partial charge on any atom is -0.381 e.